The molecule has 0 saturated carbocycles. The Kier molecular flexibility index (Phi) is 2.36. The Morgan fingerprint density at radius 2 is 2.36 bits per heavy atom. The van der Waals surface area contributed by atoms with Gasteiger partial charge in [-0.15, -0.1) is 12.3 Å². The van der Waals surface area contributed by atoms with Gasteiger partial charge in [0.25, 0.3) is 0 Å². The van der Waals surface area contributed by atoms with Crippen LogP contribution in [0.25, 0.3) is 0 Å². The minimum absolute atomic E-state index is 0.0974. The zero-order valence-corrected chi connectivity index (χ0v) is 7.61. The summed E-state index contributed by atoms with van der Waals surface area (Å²) in [6.45, 7) is 3.77. The molecular formula is C8H12O2S. The lowest BCUT2D eigenvalue weighted by molar-refractivity contribution is 0.0710. The lowest BCUT2D eigenvalue weighted by Crippen LogP contribution is -2.39. The van der Waals surface area contributed by atoms with Crippen molar-refractivity contribution in [3.8, 4) is 12.3 Å². The maximum absolute atomic E-state index is 11.0. The van der Waals surface area contributed by atoms with Crippen LogP contribution in [0.5, 0.6) is 0 Å². The Bertz CT molecular complexity index is 215. The first-order valence-corrected chi connectivity index (χ1v) is 4.84. The molecule has 2 nitrogen and oxygen atoms in total. The van der Waals surface area contributed by atoms with Gasteiger partial charge in [-0.2, -0.15) is 0 Å². The highest BCUT2D eigenvalue weighted by molar-refractivity contribution is 7.80. The molecule has 1 aliphatic heterocycles. The SMILES string of the molecule is C#CC1CCS(=O)OC1(C)C. The standard InChI is InChI=1S/C8H12O2S/c1-4-7-5-6-11(9)10-8(7,2)3/h1,7H,5-6H2,2-3H3. The third-order valence-electron chi connectivity index (χ3n) is 1.92. The Morgan fingerprint density at radius 1 is 1.73 bits per heavy atom. The van der Waals surface area contributed by atoms with E-state index in [1.54, 1.807) is 0 Å². The summed E-state index contributed by atoms with van der Waals surface area (Å²) in [6.07, 6.45) is 6.10. The molecule has 62 valence electrons. The third kappa shape index (κ3) is 1.82. The molecule has 0 aromatic heterocycles. The van der Waals surface area contributed by atoms with E-state index in [1.807, 2.05) is 13.8 Å². The first kappa shape index (κ1) is 8.76. The first-order valence-electron chi connectivity index (χ1n) is 3.60. The van der Waals surface area contributed by atoms with Crippen molar-refractivity contribution in [3.63, 3.8) is 0 Å². The summed E-state index contributed by atoms with van der Waals surface area (Å²) in [6, 6.07) is 0. The van der Waals surface area contributed by atoms with Gasteiger partial charge in [0, 0.05) is 0 Å². The second kappa shape index (κ2) is 2.96. The van der Waals surface area contributed by atoms with E-state index in [4.69, 9.17) is 10.6 Å². The third-order valence-corrected chi connectivity index (χ3v) is 3.11. The largest absolute Gasteiger partial charge is 0.283 e. The summed E-state index contributed by atoms with van der Waals surface area (Å²) < 4.78 is 16.2. The smallest absolute Gasteiger partial charge is 0.156 e. The van der Waals surface area contributed by atoms with Gasteiger partial charge in [0.2, 0.25) is 0 Å². The summed E-state index contributed by atoms with van der Waals surface area (Å²) in [5.74, 6) is 3.32. The summed E-state index contributed by atoms with van der Waals surface area (Å²) in [5, 5.41) is 0. The monoisotopic (exact) mass is 172 g/mol. The fourth-order valence-corrected chi connectivity index (χ4v) is 2.29. The molecule has 0 spiro atoms. The molecule has 0 radical (unpaired) electrons. The minimum atomic E-state index is -1.13. The summed E-state index contributed by atoms with van der Waals surface area (Å²) in [4.78, 5) is 0. The molecule has 1 aliphatic rings. The molecule has 0 amide bonds. The zero-order chi connectivity index (χ0) is 8.48. The first-order chi connectivity index (χ1) is 5.06. The molecule has 0 aromatic carbocycles. The van der Waals surface area contributed by atoms with Crippen LogP contribution in [0.3, 0.4) is 0 Å². The van der Waals surface area contributed by atoms with Gasteiger partial charge in [-0.1, -0.05) is 0 Å². The maximum atomic E-state index is 11.0. The van der Waals surface area contributed by atoms with Gasteiger partial charge < -0.3 is 0 Å². The van der Waals surface area contributed by atoms with Crippen LogP contribution in [0.4, 0.5) is 0 Å². The number of terminal acetylenes is 1. The predicted molar refractivity (Wildman–Crippen MR) is 45.1 cm³/mol. The lowest BCUT2D eigenvalue weighted by Gasteiger charge is -2.33. The molecule has 1 heterocycles. The molecule has 1 fully saturated rings. The average molecular weight is 172 g/mol. The molecule has 0 aromatic rings. The van der Waals surface area contributed by atoms with Crippen molar-refractivity contribution in [1.29, 1.82) is 0 Å². The van der Waals surface area contributed by atoms with Crippen LogP contribution in [0.15, 0.2) is 0 Å². The fraction of sp³-hybridized carbons (Fsp3) is 0.750. The summed E-state index contributed by atoms with van der Waals surface area (Å²) >= 11 is -1.13. The van der Waals surface area contributed by atoms with Gasteiger partial charge in [-0.25, -0.2) is 4.21 Å². The van der Waals surface area contributed by atoms with E-state index in [-0.39, 0.29) is 5.92 Å². The topological polar surface area (TPSA) is 26.3 Å². The van der Waals surface area contributed by atoms with Crippen LogP contribution in [-0.4, -0.2) is 15.6 Å². The van der Waals surface area contributed by atoms with E-state index in [2.05, 4.69) is 5.92 Å². The zero-order valence-electron chi connectivity index (χ0n) is 6.79. The van der Waals surface area contributed by atoms with Crippen LogP contribution in [0, 0.1) is 18.3 Å². The highest BCUT2D eigenvalue weighted by Crippen LogP contribution is 2.29. The second-order valence-corrected chi connectivity index (χ2v) is 4.38. The Hall–Kier alpha value is -0.330. The molecule has 1 rings (SSSR count). The Balaban J connectivity index is 2.73. The summed E-state index contributed by atoms with van der Waals surface area (Å²) in [7, 11) is 0. The average Bonchev–Trinajstić information content (AvgIpc) is 1.85. The molecule has 2 unspecified atom stereocenters. The van der Waals surface area contributed by atoms with Gasteiger partial charge in [-0.3, -0.25) is 4.18 Å². The molecule has 0 N–H and O–H groups in total. The highest BCUT2D eigenvalue weighted by Gasteiger charge is 2.35. The molecule has 0 bridgehead atoms. The van der Waals surface area contributed by atoms with E-state index < -0.39 is 16.7 Å². The van der Waals surface area contributed by atoms with Gasteiger partial charge in [0.1, 0.15) is 0 Å². The van der Waals surface area contributed by atoms with Crippen LogP contribution in [0.1, 0.15) is 20.3 Å². The van der Waals surface area contributed by atoms with Crippen molar-refractivity contribution in [2.24, 2.45) is 5.92 Å². The maximum Gasteiger partial charge on any atom is 0.156 e. The molecule has 2 atom stereocenters. The number of hydrogen-bond acceptors (Lipinski definition) is 2. The van der Waals surface area contributed by atoms with E-state index in [0.29, 0.717) is 5.75 Å². The van der Waals surface area contributed by atoms with Gasteiger partial charge in [0.05, 0.1) is 17.3 Å². The van der Waals surface area contributed by atoms with Crippen LogP contribution in [0.2, 0.25) is 0 Å². The van der Waals surface area contributed by atoms with Gasteiger partial charge in [0.15, 0.2) is 11.1 Å². The van der Waals surface area contributed by atoms with Crippen molar-refractivity contribution in [2.75, 3.05) is 5.75 Å². The van der Waals surface area contributed by atoms with Crippen molar-refractivity contribution in [3.05, 3.63) is 0 Å². The molecule has 11 heavy (non-hydrogen) atoms. The molecule has 1 saturated heterocycles. The number of hydrogen-bond donors (Lipinski definition) is 0. The van der Waals surface area contributed by atoms with Crippen molar-refractivity contribution in [1.82, 2.24) is 0 Å². The van der Waals surface area contributed by atoms with Crippen molar-refractivity contribution < 1.29 is 8.39 Å². The van der Waals surface area contributed by atoms with Crippen LogP contribution in [-0.2, 0) is 15.3 Å². The molecule has 3 heteroatoms. The quantitative estimate of drug-likeness (QED) is 0.511. The molecule has 0 aliphatic carbocycles. The molecular weight excluding hydrogens is 160 g/mol. The summed E-state index contributed by atoms with van der Waals surface area (Å²) in [5.41, 5.74) is -0.419. The highest BCUT2D eigenvalue weighted by atomic mass is 32.2. The normalized spacial score (nSPS) is 36.1. The van der Waals surface area contributed by atoms with Gasteiger partial charge >= 0.3 is 0 Å². The van der Waals surface area contributed by atoms with E-state index in [1.165, 1.54) is 0 Å². The van der Waals surface area contributed by atoms with Crippen molar-refractivity contribution >= 4 is 11.1 Å². The van der Waals surface area contributed by atoms with E-state index in [0.717, 1.165) is 6.42 Å². The lowest BCUT2D eigenvalue weighted by atomic mass is 9.89. The van der Waals surface area contributed by atoms with E-state index >= 15 is 0 Å². The Morgan fingerprint density at radius 3 is 2.82 bits per heavy atom. The van der Waals surface area contributed by atoms with E-state index in [9.17, 15) is 4.21 Å². The van der Waals surface area contributed by atoms with Crippen LogP contribution >= 0.6 is 0 Å². The van der Waals surface area contributed by atoms with Crippen LogP contribution < -0.4 is 0 Å². The van der Waals surface area contributed by atoms with Gasteiger partial charge in [-0.05, 0) is 20.3 Å². The second-order valence-electron chi connectivity index (χ2n) is 3.20. The van der Waals surface area contributed by atoms with Crippen molar-refractivity contribution in [2.45, 2.75) is 25.9 Å². The number of rotatable bonds is 0. The minimum Gasteiger partial charge on any atom is -0.283 e. The fourth-order valence-electron chi connectivity index (χ4n) is 1.18. The Labute approximate surface area is 70.0 Å². The predicted octanol–water partition coefficient (Wildman–Crippen LogP) is 1.10.